The molecule has 1 aliphatic heterocycles. The highest BCUT2D eigenvalue weighted by Crippen LogP contribution is 2.20. The Kier molecular flexibility index (Phi) is 3.42. The first-order valence-electron chi connectivity index (χ1n) is 6.09. The highest BCUT2D eigenvalue weighted by Gasteiger charge is 2.16. The van der Waals surface area contributed by atoms with Crippen molar-refractivity contribution < 1.29 is 0 Å². The fraction of sp³-hybridized carbons (Fsp3) is 0.571. The van der Waals surface area contributed by atoms with Crippen LogP contribution in [0.4, 0.5) is 0 Å². The molecule has 1 aliphatic rings. The second kappa shape index (κ2) is 4.80. The molecule has 0 aromatic heterocycles. The van der Waals surface area contributed by atoms with Gasteiger partial charge in [0.15, 0.2) is 0 Å². The second-order valence-corrected chi connectivity index (χ2v) is 4.78. The molecule has 1 atom stereocenters. The molecule has 1 aromatic carbocycles. The van der Waals surface area contributed by atoms with E-state index in [-0.39, 0.29) is 0 Å². The van der Waals surface area contributed by atoms with Crippen molar-refractivity contribution in [2.45, 2.75) is 32.6 Å². The molecule has 1 fully saturated rings. The monoisotopic (exact) mass is 203 g/mol. The Morgan fingerprint density at radius 1 is 1.27 bits per heavy atom. The van der Waals surface area contributed by atoms with Gasteiger partial charge in [-0.05, 0) is 48.9 Å². The van der Waals surface area contributed by atoms with Gasteiger partial charge in [0.05, 0.1) is 0 Å². The van der Waals surface area contributed by atoms with Crippen LogP contribution in [0.25, 0.3) is 0 Å². The van der Waals surface area contributed by atoms with E-state index in [1.165, 1.54) is 37.1 Å². The van der Waals surface area contributed by atoms with E-state index in [1.54, 1.807) is 0 Å². The number of nitrogens with one attached hydrogen (secondary N) is 1. The van der Waals surface area contributed by atoms with Crippen molar-refractivity contribution in [3.05, 3.63) is 35.4 Å². The first kappa shape index (κ1) is 10.7. The van der Waals surface area contributed by atoms with E-state index in [0.29, 0.717) is 5.92 Å². The van der Waals surface area contributed by atoms with Crippen molar-refractivity contribution in [3.8, 4) is 0 Å². The lowest BCUT2D eigenvalue weighted by Gasteiger charge is -2.27. The summed E-state index contributed by atoms with van der Waals surface area (Å²) in [7, 11) is 0. The third-order valence-corrected chi connectivity index (χ3v) is 3.55. The van der Waals surface area contributed by atoms with E-state index >= 15 is 0 Å². The maximum atomic E-state index is 3.32. The van der Waals surface area contributed by atoms with Crippen LogP contribution in [0, 0.1) is 5.92 Å². The van der Waals surface area contributed by atoms with Crippen LogP contribution in [0.2, 0.25) is 0 Å². The molecule has 0 saturated carbocycles. The van der Waals surface area contributed by atoms with Crippen LogP contribution >= 0.6 is 0 Å². The van der Waals surface area contributed by atoms with Crippen LogP contribution < -0.4 is 5.32 Å². The third-order valence-electron chi connectivity index (χ3n) is 3.55. The van der Waals surface area contributed by atoms with E-state index in [4.69, 9.17) is 0 Å². The summed E-state index contributed by atoms with van der Waals surface area (Å²) in [6.07, 6.45) is 2.47. The zero-order valence-corrected chi connectivity index (χ0v) is 9.79. The molecule has 0 radical (unpaired) electrons. The molecular weight excluding hydrogens is 182 g/mol. The summed E-state index contributed by atoms with van der Waals surface area (Å²) in [5, 5.41) is 3.32. The lowest BCUT2D eigenvalue weighted by atomic mass is 9.92. The Morgan fingerprint density at radius 3 is 2.40 bits per heavy atom. The molecule has 0 aliphatic carbocycles. The average molecular weight is 203 g/mol. The summed E-state index contributed by atoms with van der Waals surface area (Å²) < 4.78 is 0. The molecule has 0 amide bonds. The summed E-state index contributed by atoms with van der Waals surface area (Å²) in [6, 6.07) is 9.21. The smallest absolute Gasteiger partial charge is 0.000506 e. The number of benzene rings is 1. The fourth-order valence-corrected chi connectivity index (χ4v) is 2.04. The van der Waals surface area contributed by atoms with Crippen LogP contribution in [0.3, 0.4) is 0 Å². The summed E-state index contributed by atoms with van der Waals surface area (Å²) >= 11 is 0. The summed E-state index contributed by atoms with van der Waals surface area (Å²) in [6.45, 7) is 6.95. The Labute approximate surface area is 92.9 Å². The Morgan fingerprint density at radius 2 is 1.93 bits per heavy atom. The molecule has 0 bridgehead atoms. The minimum absolute atomic E-state index is 0.699. The van der Waals surface area contributed by atoms with Gasteiger partial charge in [-0.2, -0.15) is 0 Å². The van der Waals surface area contributed by atoms with Crippen molar-refractivity contribution in [1.82, 2.24) is 5.32 Å². The minimum Gasteiger partial charge on any atom is -0.316 e. The maximum Gasteiger partial charge on any atom is -0.000506 e. The molecule has 15 heavy (non-hydrogen) atoms. The molecule has 1 heteroatoms. The molecule has 1 unspecified atom stereocenters. The van der Waals surface area contributed by atoms with Gasteiger partial charge >= 0.3 is 0 Å². The molecule has 1 saturated heterocycles. The molecule has 1 N–H and O–H groups in total. The van der Waals surface area contributed by atoms with Crippen molar-refractivity contribution >= 4 is 0 Å². The summed E-state index contributed by atoms with van der Waals surface area (Å²) in [5.41, 5.74) is 2.97. The highest BCUT2D eigenvalue weighted by atomic mass is 14.9. The SMILES string of the molecule is CCC(C)c1ccc(CC2CNC2)cc1. The standard InChI is InChI=1S/C14H21N/c1-3-11(2)14-6-4-12(5-7-14)8-13-9-15-10-13/h4-7,11,13,15H,3,8-10H2,1-2H3. The minimum atomic E-state index is 0.699. The van der Waals surface area contributed by atoms with Crippen LogP contribution in [-0.4, -0.2) is 13.1 Å². The first-order valence-corrected chi connectivity index (χ1v) is 6.09. The Hall–Kier alpha value is -0.820. The van der Waals surface area contributed by atoms with E-state index in [1.807, 2.05) is 0 Å². The Bertz CT molecular complexity index is 298. The maximum absolute atomic E-state index is 3.32. The van der Waals surface area contributed by atoms with Crippen molar-refractivity contribution in [2.24, 2.45) is 5.92 Å². The van der Waals surface area contributed by atoms with Crippen molar-refractivity contribution in [3.63, 3.8) is 0 Å². The molecule has 1 nitrogen and oxygen atoms in total. The van der Waals surface area contributed by atoms with Gasteiger partial charge in [-0.1, -0.05) is 38.1 Å². The van der Waals surface area contributed by atoms with Gasteiger partial charge in [0.2, 0.25) is 0 Å². The zero-order valence-electron chi connectivity index (χ0n) is 9.79. The predicted molar refractivity (Wildman–Crippen MR) is 65.2 cm³/mol. The lowest BCUT2D eigenvalue weighted by molar-refractivity contribution is 0.346. The lowest BCUT2D eigenvalue weighted by Crippen LogP contribution is -2.43. The number of rotatable bonds is 4. The van der Waals surface area contributed by atoms with Gasteiger partial charge < -0.3 is 5.32 Å². The molecular formula is C14H21N. The molecule has 0 spiro atoms. The highest BCUT2D eigenvalue weighted by molar-refractivity contribution is 5.25. The van der Waals surface area contributed by atoms with Gasteiger partial charge in [-0.15, -0.1) is 0 Å². The van der Waals surface area contributed by atoms with Crippen molar-refractivity contribution in [2.75, 3.05) is 13.1 Å². The van der Waals surface area contributed by atoms with Crippen LogP contribution in [0.15, 0.2) is 24.3 Å². The number of hydrogen-bond acceptors (Lipinski definition) is 1. The Balaban J connectivity index is 1.96. The average Bonchev–Trinajstić information content (AvgIpc) is 2.23. The third kappa shape index (κ3) is 2.60. The van der Waals surface area contributed by atoms with E-state index in [2.05, 4.69) is 43.4 Å². The van der Waals surface area contributed by atoms with Gasteiger partial charge in [0.1, 0.15) is 0 Å². The van der Waals surface area contributed by atoms with E-state index < -0.39 is 0 Å². The van der Waals surface area contributed by atoms with Gasteiger partial charge in [0.25, 0.3) is 0 Å². The van der Waals surface area contributed by atoms with Crippen LogP contribution in [-0.2, 0) is 6.42 Å². The topological polar surface area (TPSA) is 12.0 Å². The second-order valence-electron chi connectivity index (χ2n) is 4.78. The largest absolute Gasteiger partial charge is 0.316 e. The van der Waals surface area contributed by atoms with Gasteiger partial charge in [-0.25, -0.2) is 0 Å². The summed E-state index contributed by atoms with van der Waals surface area (Å²) in [5.74, 6) is 1.57. The quantitative estimate of drug-likeness (QED) is 0.793. The van der Waals surface area contributed by atoms with Gasteiger partial charge in [-0.3, -0.25) is 0 Å². The predicted octanol–water partition coefficient (Wildman–Crippen LogP) is 2.96. The van der Waals surface area contributed by atoms with Crippen molar-refractivity contribution in [1.29, 1.82) is 0 Å². The molecule has 2 rings (SSSR count). The normalized spacial score (nSPS) is 18.5. The summed E-state index contributed by atoms with van der Waals surface area (Å²) in [4.78, 5) is 0. The molecule has 1 aromatic rings. The fourth-order valence-electron chi connectivity index (χ4n) is 2.04. The number of hydrogen-bond donors (Lipinski definition) is 1. The molecule has 1 heterocycles. The van der Waals surface area contributed by atoms with Crippen LogP contribution in [0.1, 0.15) is 37.3 Å². The molecule has 82 valence electrons. The van der Waals surface area contributed by atoms with Gasteiger partial charge in [0, 0.05) is 0 Å². The van der Waals surface area contributed by atoms with E-state index in [0.717, 1.165) is 5.92 Å². The zero-order chi connectivity index (χ0) is 10.7. The first-order chi connectivity index (χ1) is 7.29. The van der Waals surface area contributed by atoms with E-state index in [9.17, 15) is 0 Å². The van der Waals surface area contributed by atoms with Crippen LogP contribution in [0.5, 0.6) is 0 Å².